The quantitative estimate of drug-likeness (QED) is 0.766. The lowest BCUT2D eigenvalue weighted by Gasteiger charge is -2.20. The Bertz CT molecular complexity index is 1030. The number of anilines is 1. The second-order valence-corrected chi connectivity index (χ2v) is 8.86. The minimum Gasteiger partial charge on any atom is -0.454 e. The van der Waals surface area contributed by atoms with Gasteiger partial charge < -0.3 is 14.8 Å². The summed E-state index contributed by atoms with van der Waals surface area (Å²) < 4.78 is 10.7. The number of fused-ring (bicyclic) bond motifs is 1. The molecule has 0 saturated heterocycles. The predicted octanol–water partition coefficient (Wildman–Crippen LogP) is 4.43. The Labute approximate surface area is 185 Å². The molecule has 1 saturated carbocycles. The summed E-state index contributed by atoms with van der Waals surface area (Å²) >= 11 is 1.43. The normalized spacial score (nSPS) is 19.0. The lowest BCUT2D eigenvalue weighted by Crippen LogP contribution is -2.20. The maximum Gasteiger partial charge on any atom is 0.234 e. The number of hydrogen-bond acceptors (Lipinski definition) is 7. The average molecular weight is 437 g/mol. The molecule has 160 valence electrons. The van der Waals surface area contributed by atoms with Crippen LogP contribution in [-0.2, 0) is 4.79 Å². The van der Waals surface area contributed by atoms with E-state index in [1.807, 2.05) is 24.3 Å². The van der Waals surface area contributed by atoms with Crippen molar-refractivity contribution in [1.29, 1.82) is 0 Å². The van der Waals surface area contributed by atoms with Crippen LogP contribution in [0.3, 0.4) is 0 Å². The number of nitrogens with zero attached hydrogens (tertiary/aromatic N) is 3. The van der Waals surface area contributed by atoms with Crippen LogP contribution in [0.4, 0.5) is 5.69 Å². The zero-order valence-electron chi connectivity index (χ0n) is 17.2. The second kappa shape index (κ2) is 8.70. The molecule has 31 heavy (non-hydrogen) atoms. The molecule has 7 nitrogen and oxygen atoms in total. The van der Waals surface area contributed by atoms with Crippen molar-refractivity contribution >= 4 is 34.1 Å². The highest BCUT2D eigenvalue weighted by Gasteiger charge is 2.37. The van der Waals surface area contributed by atoms with E-state index in [0.717, 1.165) is 42.1 Å². The molecule has 1 spiro atoms. The van der Waals surface area contributed by atoms with E-state index in [1.165, 1.54) is 24.6 Å². The third-order valence-corrected chi connectivity index (χ3v) is 6.60. The molecule has 5 rings (SSSR count). The predicted molar refractivity (Wildman–Crippen MR) is 122 cm³/mol. The number of ether oxygens (including phenoxy) is 2. The largest absolute Gasteiger partial charge is 0.454 e. The highest BCUT2D eigenvalue weighted by molar-refractivity contribution is 8.16. The number of amides is 1. The molecule has 1 fully saturated rings. The van der Waals surface area contributed by atoms with Crippen LogP contribution in [0.2, 0.25) is 0 Å². The number of carbonyl (C=O) groups excluding carboxylic acids is 1. The summed E-state index contributed by atoms with van der Waals surface area (Å²) in [6.07, 6.45) is 8.40. The van der Waals surface area contributed by atoms with Gasteiger partial charge in [-0.3, -0.25) is 14.8 Å². The summed E-state index contributed by atoms with van der Waals surface area (Å²) in [6.45, 7) is 0.208. The van der Waals surface area contributed by atoms with Gasteiger partial charge in [0.05, 0.1) is 11.4 Å². The first-order chi connectivity index (χ1) is 15.2. The molecule has 2 aliphatic heterocycles. The standard InChI is InChI=1S/C23H24N4O3S/c28-20(25-16-8-9-18-19(13-16)30-15-29-18)14-31-22-21(17-7-3-6-12-24-17)26-23(27-22)10-4-1-2-5-11-23/h3,6-9,12-13H,1-2,4-5,10-11,14-15H2,(H,25,28). The fraction of sp³-hybridized carbons (Fsp3) is 0.391. The monoisotopic (exact) mass is 436 g/mol. The van der Waals surface area contributed by atoms with Crippen molar-refractivity contribution in [3.05, 3.63) is 48.3 Å². The summed E-state index contributed by atoms with van der Waals surface area (Å²) in [7, 11) is 0. The third kappa shape index (κ3) is 4.44. The molecule has 1 N–H and O–H groups in total. The molecule has 8 heteroatoms. The molecule has 1 aromatic carbocycles. The van der Waals surface area contributed by atoms with E-state index in [-0.39, 0.29) is 24.1 Å². The molecular weight excluding hydrogens is 412 g/mol. The van der Waals surface area contributed by atoms with E-state index in [9.17, 15) is 4.79 Å². The highest BCUT2D eigenvalue weighted by atomic mass is 32.2. The number of rotatable bonds is 4. The number of benzene rings is 1. The minimum atomic E-state index is -0.389. The number of hydrogen-bond donors (Lipinski definition) is 1. The number of carbonyl (C=O) groups is 1. The molecular formula is C23H24N4O3S. The number of aliphatic imine (C=N–C) groups is 2. The van der Waals surface area contributed by atoms with Crippen molar-refractivity contribution in [2.75, 3.05) is 17.9 Å². The van der Waals surface area contributed by atoms with Gasteiger partial charge in [0.25, 0.3) is 0 Å². The number of nitrogens with one attached hydrogen (secondary N) is 1. The van der Waals surface area contributed by atoms with Crippen LogP contribution in [0.15, 0.2) is 52.6 Å². The van der Waals surface area contributed by atoms with Crippen LogP contribution in [0, 0.1) is 0 Å². The number of thioether (sulfide) groups is 1. The van der Waals surface area contributed by atoms with Gasteiger partial charge in [-0.15, -0.1) is 0 Å². The van der Waals surface area contributed by atoms with Gasteiger partial charge in [-0.1, -0.05) is 30.7 Å². The summed E-state index contributed by atoms with van der Waals surface area (Å²) in [6, 6.07) is 11.2. The van der Waals surface area contributed by atoms with Crippen LogP contribution in [-0.4, -0.2) is 39.9 Å². The van der Waals surface area contributed by atoms with Crippen molar-refractivity contribution in [3.63, 3.8) is 0 Å². The molecule has 1 amide bonds. The van der Waals surface area contributed by atoms with Gasteiger partial charge in [0.15, 0.2) is 17.2 Å². The fourth-order valence-electron chi connectivity index (χ4n) is 4.12. The van der Waals surface area contributed by atoms with Gasteiger partial charge in [0.2, 0.25) is 12.7 Å². The number of pyridine rings is 1. The smallest absolute Gasteiger partial charge is 0.234 e. The first-order valence-corrected chi connectivity index (χ1v) is 11.6. The first kappa shape index (κ1) is 20.1. The molecule has 3 heterocycles. The van der Waals surface area contributed by atoms with E-state index < -0.39 is 0 Å². The van der Waals surface area contributed by atoms with E-state index in [2.05, 4.69) is 10.3 Å². The van der Waals surface area contributed by atoms with Crippen LogP contribution in [0.25, 0.3) is 0 Å². The van der Waals surface area contributed by atoms with Crippen LogP contribution in [0.5, 0.6) is 11.5 Å². The molecule has 1 aliphatic carbocycles. The number of aromatic nitrogens is 1. The van der Waals surface area contributed by atoms with Crippen molar-refractivity contribution in [2.45, 2.75) is 44.2 Å². The van der Waals surface area contributed by atoms with E-state index in [0.29, 0.717) is 17.2 Å². The Morgan fingerprint density at radius 1 is 1.03 bits per heavy atom. The Kier molecular flexibility index (Phi) is 5.63. The zero-order valence-corrected chi connectivity index (χ0v) is 18.0. The maximum atomic E-state index is 12.6. The molecule has 0 bridgehead atoms. The molecule has 0 atom stereocenters. The van der Waals surface area contributed by atoms with Crippen LogP contribution < -0.4 is 14.8 Å². The van der Waals surface area contributed by atoms with E-state index in [4.69, 9.17) is 19.5 Å². The molecule has 0 unspecified atom stereocenters. The summed E-state index contributed by atoms with van der Waals surface area (Å²) in [5, 5.41) is 3.73. The molecule has 2 aromatic rings. The fourth-order valence-corrected chi connectivity index (χ4v) is 4.98. The van der Waals surface area contributed by atoms with Gasteiger partial charge >= 0.3 is 0 Å². The van der Waals surface area contributed by atoms with Crippen molar-refractivity contribution in [2.24, 2.45) is 9.98 Å². The molecule has 0 radical (unpaired) electrons. The van der Waals surface area contributed by atoms with E-state index in [1.54, 1.807) is 18.3 Å². The van der Waals surface area contributed by atoms with Crippen molar-refractivity contribution < 1.29 is 14.3 Å². The van der Waals surface area contributed by atoms with Crippen LogP contribution in [0.1, 0.15) is 44.2 Å². The first-order valence-electron chi connectivity index (χ1n) is 10.6. The van der Waals surface area contributed by atoms with Crippen molar-refractivity contribution in [1.82, 2.24) is 4.98 Å². The van der Waals surface area contributed by atoms with E-state index >= 15 is 0 Å². The van der Waals surface area contributed by atoms with Gasteiger partial charge in [-0.05, 0) is 49.9 Å². The van der Waals surface area contributed by atoms with Crippen LogP contribution >= 0.6 is 11.8 Å². The second-order valence-electron chi connectivity index (χ2n) is 7.89. The summed E-state index contributed by atoms with van der Waals surface area (Å²) in [4.78, 5) is 27.2. The maximum absolute atomic E-state index is 12.6. The Balaban J connectivity index is 1.30. The highest BCUT2D eigenvalue weighted by Crippen LogP contribution is 2.38. The summed E-state index contributed by atoms with van der Waals surface area (Å²) in [5.74, 6) is 1.48. The Morgan fingerprint density at radius 2 is 1.87 bits per heavy atom. The molecule has 3 aliphatic rings. The third-order valence-electron chi connectivity index (χ3n) is 5.64. The molecule has 1 aromatic heterocycles. The van der Waals surface area contributed by atoms with Gasteiger partial charge in [0, 0.05) is 18.0 Å². The Hall–Kier alpha value is -2.87. The average Bonchev–Trinajstić information content (AvgIpc) is 3.32. The van der Waals surface area contributed by atoms with Gasteiger partial charge in [-0.25, -0.2) is 4.99 Å². The lowest BCUT2D eigenvalue weighted by atomic mass is 10.0. The van der Waals surface area contributed by atoms with Gasteiger partial charge in [-0.2, -0.15) is 0 Å². The SMILES string of the molecule is O=C(CSC1=NC2(CCCCCC2)N=C1c1ccccn1)Nc1ccc2c(c1)OCO2. The Morgan fingerprint density at radius 3 is 2.68 bits per heavy atom. The summed E-state index contributed by atoms with van der Waals surface area (Å²) in [5.41, 5.74) is 1.91. The lowest BCUT2D eigenvalue weighted by molar-refractivity contribution is -0.113. The van der Waals surface area contributed by atoms with Gasteiger partial charge in [0.1, 0.15) is 10.8 Å². The minimum absolute atomic E-state index is 0.103. The topological polar surface area (TPSA) is 85.2 Å². The van der Waals surface area contributed by atoms with Crippen molar-refractivity contribution in [3.8, 4) is 11.5 Å². The zero-order chi connectivity index (χ0) is 21.1.